The maximum Gasteiger partial charge on any atom is 0.0934 e. The lowest BCUT2D eigenvalue weighted by Crippen LogP contribution is -2.40. The van der Waals surface area contributed by atoms with E-state index in [1.807, 2.05) is 6.26 Å². The summed E-state index contributed by atoms with van der Waals surface area (Å²) in [5, 5.41) is 3.55. The van der Waals surface area contributed by atoms with Crippen LogP contribution in [-0.4, -0.2) is 12.6 Å². The molecule has 1 atom stereocenters. The van der Waals surface area contributed by atoms with Gasteiger partial charge in [0.2, 0.25) is 0 Å². The van der Waals surface area contributed by atoms with Crippen LogP contribution in [0.5, 0.6) is 0 Å². The van der Waals surface area contributed by atoms with Gasteiger partial charge in [0.25, 0.3) is 0 Å². The van der Waals surface area contributed by atoms with E-state index in [2.05, 4.69) is 46.0 Å². The monoisotopic (exact) mass is 223 g/mol. The average molecular weight is 223 g/mol. The Hall–Kier alpha value is -0.760. The zero-order valence-corrected chi connectivity index (χ0v) is 11.2. The topological polar surface area (TPSA) is 25.2 Å². The lowest BCUT2D eigenvalue weighted by Gasteiger charge is -2.34. The average Bonchev–Trinajstić information content (AvgIpc) is 2.67. The zero-order valence-electron chi connectivity index (χ0n) is 11.2. The molecule has 0 spiro atoms. The minimum absolute atomic E-state index is 0.286. The molecule has 1 heterocycles. The highest BCUT2D eigenvalue weighted by Gasteiger charge is 2.28. The smallest absolute Gasteiger partial charge is 0.0934 e. The van der Waals surface area contributed by atoms with Crippen LogP contribution in [0.3, 0.4) is 0 Å². The fourth-order valence-electron chi connectivity index (χ4n) is 1.77. The molecule has 0 bridgehead atoms. The molecule has 1 aromatic rings. The van der Waals surface area contributed by atoms with Crippen molar-refractivity contribution in [2.24, 2.45) is 11.3 Å². The van der Waals surface area contributed by atoms with E-state index in [0.29, 0.717) is 12.0 Å². The lowest BCUT2D eigenvalue weighted by atomic mass is 9.74. The molecular formula is C14H25NO. The minimum Gasteiger partial charge on any atom is -0.472 e. The summed E-state index contributed by atoms with van der Waals surface area (Å²) in [4.78, 5) is 0. The van der Waals surface area contributed by atoms with Crippen LogP contribution in [0.1, 0.15) is 40.2 Å². The molecule has 0 saturated carbocycles. The van der Waals surface area contributed by atoms with Gasteiger partial charge in [0, 0.05) is 12.6 Å². The van der Waals surface area contributed by atoms with Crippen LogP contribution >= 0.6 is 0 Å². The second-order valence-electron chi connectivity index (χ2n) is 5.65. The van der Waals surface area contributed by atoms with Crippen LogP contribution in [0.25, 0.3) is 0 Å². The van der Waals surface area contributed by atoms with E-state index in [0.717, 1.165) is 13.0 Å². The first-order chi connectivity index (χ1) is 7.44. The first kappa shape index (κ1) is 13.3. The van der Waals surface area contributed by atoms with Crippen LogP contribution < -0.4 is 5.32 Å². The Labute approximate surface area is 99.4 Å². The molecule has 0 aliphatic carbocycles. The predicted octanol–water partition coefficient (Wildman–Crippen LogP) is 3.48. The zero-order chi connectivity index (χ0) is 12.2. The van der Waals surface area contributed by atoms with Gasteiger partial charge in [0.15, 0.2) is 0 Å². The van der Waals surface area contributed by atoms with Crippen molar-refractivity contribution < 1.29 is 4.42 Å². The van der Waals surface area contributed by atoms with E-state index in [1.54, 1.807) is 6.26 Å². The van der Waals surface area contributed by atoms with Crippen molar-refractivity contribution in [3.8, 4) is 0 Å². The minimum atomic E-state index is 0.286. The normalized spacial score (nSPS) is 15.7. The fourth-order valence-corrected chi connectivity index (χ4v) is 1.77. The first-order valence-corrected chi connectivity index (χ1v) is 6.18. The molecule has 0 aromatic carbocycles. The molecule has 0 aliphatic rings. The van der Waals surface area contributed by atoms with Crippen LogP contribution in [0, 0.1) is 11.3 Å². The fraction of sp³-hybridized carbons (Fsp3) is 0.714. The molecule has 92 valence electrons. The van der Waals surface area contributed by atoms with Crippen LogP contribution in [-0.2, 0) is 6.42 Å². The molecular weight excluding hydrogens is 198 g/mol. The summed E-state index contributed by atoms with van der Waals surface area (Å²) in [6, 6.07) is 2.61. The molecule has 16 heavy (non-hydrogen) atoms. The molecule has 0 radical (unpaired) electrons. The van der Waals surface area contributed by atoms with Gasteiger partial charge in [-0.1, -0.05) is 34.6 Å². The van der Waals surface area contributed by atoms with Gasteiger partial charge in [-0.25, -0.2) is 0 Å². The SMILES string of the molecule is CC(C)NCC(C)(Cc1ccoc1)C(C)C. The molecule has 2 nitrogen and oxygen atoms in total. The number of rotatable bonds is 6. The third-order valence-electron chi connectivity index (χ3n) is 3.50. The molecule has 0 amide bonds. The van der Waals surface area contributed by atoms with E-state index in [4.69, 9.17) is 4.42 Å². The second-order valence-corrected chi connectivity index (χ2v) is 5.65. The van der Waals surface area contributed by atoms with Gasteiger partial charge in [-0.05, 0) is 29.4 Å². The van der Waals surface area contributed by atoms with Crippen molar-refractivity contribution in [3.05, 3.63) is 24.2 Å². The molecule has 2 heteroatoms. The summed E-state index contributed by atoms with van der Waals surface area (Å²) in [5.41, 5.74) is 1.58. The summed E-state index contributed by atoms with van der Waals surface area (Å²) in [5.74, 6) is 0.647. The number of furan rings is 1. The summed E-state index contributed by atoms with van der Waals surface area (Å²) < 4.78 is 5.15. The molecule has 0 fully saturated rings. The van der Waals surface area contributed by atoms with Crippen molar-refractivity contribution >= 4 is 0 Å². The van der Waals surface area contributed by atoms with Gasteiger partial charge in [-0.15, -0.1) is 0 Å². The highest BCUT2D eigenvalue weighted by Crippen LogP contribution is 2.31. The van der Waals surface area contributed by atoms with E-state index in [1.165, 1.54) is 5.56 Å². The predicted molar refractivity (Wildman–Crippen MR) is 68.5 cm³/mol. The highest BCUT2D eigenvalue weighted by molar-refractivity contribution is 5.09. The van der Waals surface area contributed by atoms with E-state index in [-0.39, 0.29) is 5.41 Å². The van der Waals surface area contributed by atoms with Gasteiger partial charge in [-0.2, -0.15) is 0 Å². The summed E-state index contributed by atoms with van der Waals surface area (Å²) in [6.07, 6.45) is 4.68. The lowest BCUT2D eigenvalue weighted by molar-refractivity contribution is 0.201. The summed E-state index contributed by atoms with van der Waals surface area (Å²) in [6.45, 7) is 12.4. The van der Waals surface area contributed by atoms with E-state index >= 15 is 0 Å². The van der Waals surface area contributed by atoms with Crippen molar-refractivity contribution in [2.45, 2.75) is 47.1 Å². The van der Waals surface area contributed by atoms with Crippen molar-refractivity contribution in [1.82, 2.24) is 5.32 Å². The Morgan fingerprint density at radius 2 is 2.00 bits per heavy atom. The Morgan fingerprint density at radius 1 is 1.31 bits per heavy atom. The maximum atomic E-state index is 5.15. The van der Waals surface area contributed by atoms with Crippen LogP contribution in [0.15, 0.2) is 23.0 Å². The molecule has 1 aromatic heterocycles. The van der Waals surface area contributed by atoms with Gasteiger partial charge in [0.05, 0.1) is 12.5 Å². The van der Waals surface area contributed by atoms with Gasteiger partial charge in [-0.3, -0.25) is 0 Å². The third kappa shape index (κ3) is 3.67. The quantitative estimate of drug-likeness (QED) is 0.798. The van der Waals surface area contributed by atoms with Crippen LogP contribution in [0.4, 0.5) is 0 Å². The third-order valence-corrected chi connectivity index (χ3v) is 3.50. The van der Waals surface area contributed by atoms with Crippen molar-refractivity contribution in [3.63, 3.8) is 0 Å². The Bertz CT molecular complexity index is 290. The Morgan fingerprint density at radius 3 is 2.44 bits per heavy atom. The van der Waals surface area contributed by atoms with Crippen molar-refractivity contribution in [2.75, 3.05) is 6.54 Å². The maximum absolute atomic E-state index is 5.15. The van der Waals surface area contributed by atoms with E-state index < -0.39 is 0 Å². The molecule has 0 aliphatic heterocycles. The Kier molecular flexibility index (Phi) is 4.60. The molecule has 1 rings (SSSR count). The largest absolute Gasteiger partial charge is 0.472 e. The van der Waals surface area contributed by atoms with Crippen molar-refractivity contribution in [1.29, 1.82) is 0 Å². The summed E-state index contributed by atoms with van der Waals surface area (Å²) >= 11 is 0. The number of hydrogen-bond donors (Lipinski definition) is 1. The molecule has 1 unspecified atom stereocenters. The molecule has 0 saturated heterocycles. The number of hydrogen-bond acceptors (Lipinski definition) is 2. The van der Waals surface area contributed by atoms with Gasteiger partial charge < -0.3 is 9.73 Å². The first-order valence-electron chi connectivity index (χ1n) is 6.18. The number of nitrogens with one attached hydrogen (secondary N) is 1. The van der Waals surface area contributed by atoms with Gasteiger partial charge >= 0.3 is 0 Å². The highest BCUT2D eigenvalue weighted by atomic mass is 16.3. The standard InChI is InChI=1S/C14H25NO/c1-11(2)14(5,10-15-12(3)4)8-13-6-7-16-9-13/h6-7,9,11-12,15H,8,10H2,1-5H3. The van der Waals surface area contributed by atoms with E-state index in [9.17, 15) is 0 Å². The van der Waals surface area contributed by atoms with Crippen LogP contribution in [0.2, 0.25) is 0 Å². The Balaban J connectivity index is 2.65. The van der Waals surface area contributed by atoms with Gasteiger partial charge in [0.1, 0.15) is 0 Å². The molecule has 1 N–H and O–H groups in total. The summed E-state index contributed by atoms with van der Waals surface area (Å²) in [7, 11) is 0. The second kappa shape index (κ2) is 5.53.